The molecule has 1 aromatic carbocycles. The van der Waals surface area contributed by atoms with E-state index in [1.165, 1.54) is 6.07 Å². The highest BCUT2D eigenvalue weighted by molar-refractivity contribution is 9.10. The van der Waals surface area contributed by atoms with E-state index in [9.17, 15) is 17.2 Å². The maximum atomic E-state index is 13.8. The standard InChI is InChI=1S/C11H12BrF2NO2S/c12-8-1-2-9(13)7(10(8)14)5-11(15)3-4-18(16,17)6-11/h1-2H,3-6,15H2. The summed E-state index contributed by atoms with van der Waals surface area (Å²) in [5.74, 6) is -1.68. The predicted molar refractivity (Wildman–Crippen MR) is 68.0 cm³/mol. The molecule has 0 spiro atoms. The van der Waals surface area contributed by atoms with Gasteiger partial charge in [0.1, 0.15) is 11.6 Å². The van der Waals surface area contributed by atoms with Crippen molar-refractivity contribution in [3.63, 3.8) is 0 Å². The van der Waals surface area contributed by atoms with Gasteiger partial charge in [-0.15, -0.1) is 0 Å². The highest BCUT2D eigenvalue weighted by atomic mass is 79.9. The molecule has 0 aliphatic carbocycles. The van der Waals surface area contributed by atoms with Crippen molar-refractivity contribution >= 4 is 25.8 Å². The van der Waals surface area contributed by atoms with Crippen molar-refractivity contribution in [1.29, 1.82) is 0 Å². The Bertz CT molecular complexity index is 591. The van der Waals surface area contributed by atoms with E-state index >= 15 is 0 Å². The SMILES string of the molecule is NC1(Cc2c(F)ccc(Br)c2F)CCS(=O)(=O)C1. The maximum Gasteiger partial charge on any atom is 0.152 e. The van der Waals surface area contributed by atoms with Crippen molar-refractivity contribution in [2.45, 2.75) is 18.4 Å². The Morgan fingerprint density at radius 2 is 2.06 bits per heavy atom. The van der Waals surface area contributed by atoms with E-state index in [1.54, 1.807) is 0 Å². The fourth-order valence-corrected chi connectivity index (χ4v) is 4.52. The zero-order valence-corrected chi connectivity index (χ0v) is 11.8. The van der Waals surface area contributed by atoms with Crippen LogP contribution in [0.1, 0.15) is 12.0 Å². The Labute approximate surface area is 112 Å². The molecule has 1 fully saturated rings. The van der Waals surface area contributed by atoms with Crippen LogP contribution in [0.3, 0.4) is 0 Å². The minimum atomic E-state index is -3.19. The van der Waals surface area contributed by atoms with E-state index < -0.39 is 27.0 Å². The number of hydrogen-bond donors (Lipinski definition) is 1. The van der Waals surface area contributed by atoms with Crippen LogP contribution in [0.5, 0.6) is 0 Å². The van der Waals surface area contributed by atoms with Gasteiger partial charge < -0.3 is 5.73 Å². The van der Waals surface area contributed by atoms with Gasteiger partial charge in [-0.2, -0.15) is 0 Å². The molecule has 2 rings (SSSR count). The highest BCUT2D eigenvalue weighted by Crippen LogP contribution is 2.29. The molecule has 0 bridgehead atoms. The van der Waals surface area contributed by atoms with Crippen molar-refractivity contribution < 1.29 is 17.2 Å². The molecule has 100 valence electrons. The van der Waals surface area contributed by atoms with Gasteiger partial charge >= 0.3 is 0 Å². The average molecular weight is 340 g/mol. The number of hydrogen-bond acceptors (Lipinski definition) is 3. The van der Waals surface area contributed by atoms with Gasteiger partial charge in [0.2, 0.25) is 0 Å². The lowest BCUT2D eigenvalue weighted by Gasteiger charge is -2.22. The van der Waals surface area contributed by atoms with Crippen molar-refractivity contribution in [2.24, 2.45) is 5.73 Å². The third-order valence-electron chi connectivity index (χ3n) is 3.09. The fourth-order valence-electron chi connectivity index (χ4n) is 2.16. The molecule has 3 nitrogen and oxygen atoms in total. The van der Waals surface area contributed by atoms with Gasteiger partial charge in [0.15, 0.2) is 9.84 Å². The summed E-state index contributed by atoms with van der Waals surface area (Å²) in [5, 5.41) is 0. The molecule has 0 amide bonds. The fraction of sp³-hybridized carbons (Fsp3) is 0.455. The normalized spacial score (nSPS) is 26.4. The molecule has 1 aliphatic heterocycles. The maximum absolute atomic E-state index is 13.8. The summed E-state index contributed by atoms with van der Waals surface area (Å²) < 4.78 is 50.3. The molecule has 2 N–H and O–H groups in total. The lowest BCUT2D eigenvalue weighted by molar-refractivity contribution is 0.445. The van der Waals surface area contributed by atoms with Gasteiger partial charge in [-0.1, -0.05) is 0 Å². The third kappa shape index (κ3) is 2.73. The minimum Gasteiger partial charge on any atom is -0.324 e. The van der Waals surface area contributed by atoms with Gasteiger partial charge in [-0.05, 0) is 40.9 Å². The molecule has 0 aromatic heterocycles. The molecule has 18 heavy (non-hydrogen) atoms. The Hall–Kier alpha value is -0.530. The molecule has 1 unspecified atom stereocenters. The monoisotopic (exact) mass is 339 g/mol. The Morgan fingerprint density at radius 3 is 2.61 bits per heavy atom. The lowest BCUT2D eigenvalue weighted by Crippen LogP contribution is -2.43. The summed E-state index contributed by atoms with van der Waals surface area (Å²) >= 11 is 2.97. The van der Waals surface area contributed by atoms with Crippen molar-refractivity contribution in [3.8, 4) is 0 Å². The van der Waals surface area contributed by atoms with Crippen LogP contribution in [0.25, 0.3) is 0 Å². The van der Waals surface area contributed by atoms with E-state index in [2.05, 4.69) is 15.9 Å². The first-order valence-corrected chi connectivity index (χ1v) is 7.96. The van der Waals surface area contributed by atoms with E-state index in [1.807, 2.05) is 0 Å². The first-order chi connectivity index (χ1) is 8.22. The minimum absolute atomic E-state index is 0.0270. The van der Waals surface area contributed by atoms with E-state index in [4.69, 9.17) is 5.73 Å². The van der Waals surface area contributed by atoms with Crippen molar-refractivity contribution in [3.05, 3.63) is 33.8 Å². The second-order valence-corrected chi connectivity index (χ2v) is 7.74. The van der Waals surface area contributed by atoms with Gasteiger partial charge in [-0.3, -0.25) is 0 Å². The second-order valence-electron chi connectivity index (χ2n) is 4.70. The number of halogens is 3. The summed E-state index contributed by atoms with van der Waals surface area (Å²) in [7, 11) is -3.19. The van der Waals surface area contributed by atoms with Crippen LogP contribution < -0.4 is 5.73 Å². The number of sulfone groups is 1. The predicted octanol–water partition coefficient (Wildman–Crippen LogP) is 1.79. The molecular weight excluding hydrogens is 328 g/mol. The third-order valence-corrected chi connectivity index (χ3v) is 5.54. The zero-order chi connectivity index (χ0) is 13.6. The van der Waals surface area contributed by atoms with Crippen LogP contribution in [-0.4, -0.2) is 25.5 Å². The van der Waals surface area contributed by atoms with Crippen molar-refractivity contribution in [2.75, 3.05) is 11.5 Å². The average Bonchev–Trinajstić information content (AvgIpc) is 2.54. The van der Waals surface area contributed by atoms with E-state index in [-0.39, 0.29) is 34.4 Å². The van der Waals surface area contributed by atoms with E-state index in [0.29, 0.717) is 0 Å². The summed E-state index contributed by atoms with van der Waals surface area (Å²) in [6.45, 7) is 0. The van der Waals surface area contributed by atoms with Gasteiger partial charge in [0.05, 0.1) is 16.0 Å². The van der Waals surface area contributed by atoms with Crippen LogP contribution in [0.2, 0.25) is 0 Å². The number of nitrogens with two attached hydrogens (primary N) is 1. The van der Waals surface area contributed by atoms with Crippen LogP contribution >= 0.6 is 15.9 Å². The molecule has 1 saturated heterocycles. The number of benzene rings is 1. The summed E-state index contributed by atoms with van der Waals surface area (Å²) in [4.78, 5) is 0. The molecule has 7 heteroatoms. The van der Waals surface area contributed by atoms with Crippen LogP contribution in [0.15, 0.2) is 16.6 Å². The van der Waals surface area contributed by atoms with E-state index in [0.717, 1.165) is 6.07 Å². The smallest absolute Gasteiger partial charge is 0.152 e. The molecule has 1 heterocycles. The first kappa shape index (κ1) is 13.9. The van der Waals surface area contributed by atoms with Gasteiger partial charge in [0.25, 0.3) is 0 Å². The highest BCUT2D eigenvalue weighted by Gasteiger charge is 2.40. The van der Waals surface area contributed by atoms with Gasteiger partial charge in [-0.25, -0.2) is 17.2 Å². The summed E-state index contributed by atoms with van der Waals surface area (Å²) in [6, 6.07) is 2.40. The van der Waals surface area contributed by atoms with Crippen LogP contribution in [0, 0.1) is 11.6 Å². The van der Waals surface area contributed by atoms with Gasteiger partial charge in [0, 0.05) is 11.1 Å². The second kappa shape index (κ2) is 4.54. The molecule has 1 aromatic rings. The summed E-state index contributed by atoms with van der Waals surface area (Å²) in [5.41, 5.74) is 4.68. The molecule has 1 aliphatic rings. The van der Waals surface area contributed by atoms with Crippen LogP contribution in [-0.2, 0) is 16.3 Å². The topological polar surface area (TPSA) is 60.2 Å². The molecule has 0 saturated carbocycles. The first-order valence-electron chi connectivity index (χ1n) is 5.34. The largest absolute Gasteiger partial charge is 0.324 e. The summed E-state index contributed by atoms with van der Waals surface area (Å²) in [6.07, 6.45) is 0.101. The Kier molecular flexibility index (Phi) is 3.50. The Morgan fingerprint density at radius 1 is 1.39 bits per heavy atom. The molecule has 0 radical (unpaired) electrons. The molecule has 1 atom stereocenters. The quantitative estimate of drug-likeness (QED) is 0.835. The number of rotatable bonds is 2. The molecular formula is C11H12BrF2NO2S. The Balaban J connectivity index is 2.33. The zero-order valence-electron chi connectivity index (χ0n) is 9.42. The van der Waals surface area contributed by atoms with Crippen molar-refractivity contribution in [1.82, 2.24) is 0 Å². The van der Waals surface area contributed by atoms with Crippen LogP contribution in [0.4, 0.5) is 8.78 Å². The lowest BCUT2D eigenvalue weighted by atomic mass is 9.91.